The number of hydrogen-bond donors (Lipinski definition) is 2. The molecule has 0 saturated carbocycles. The molecule has 0 aliphatic carbocycles. The first-order valence-corrected chi connectivity index (χ1v) is 19.5. The van der Waals surface area contributed by atoms with E-state index in [0.717, 1.165) is 71.8 Å². The zero-order valence-electron chi connectivity index (χ0n) is 26.7. The van der Waals surface area contributed by atoms with Gasteiger partial charge < -0.3 is 20.1 Å². The Hall–Kier alpha value is -1.48. The lowest BCUT2D eigenvalue weighted by atomic mass is 9.79. The summed E-state index contributed by atoms with van der Waals surface area (Å²) in [4.78, 5) is 27.4. The number of benzene rings is 2. The van der Waals surface area contributed by atoms with Crippen molar-refractivity contribution >= 4 is 66.9 Å². The van der Waals surface area contributed by atoms with E-state index in [0.29, 0.717) is 38.9 Å². The molecule has 0 aliphatic rings. The van der Waals surface area contributed by atoms with E-state index in [-0.39, 0.29) is 35.7 Å². The summed E-state index contributed by atoms with van der Waals surface area (Å²) in [6, 6.07) is 15.1. The molecule has 0 aromatic heterocycles. The van der Waals surface area contributed by atoms with Crippen LogP contribution in [-0.2, 0) is 22.4 Å². The number of hydrogen-bond acceptors (Lipinski definition) is 4. The lowest BCUT2D eigenvalue weighted by Crippen LogP contribution is -2.56. The van der Waals surface area contributed by atoms with E-state index in [1.165, 1.54) is 0 Å². The van der Waals surface area contributed by atoms with Gasteiger partial charge in [0.1, 0.15) is 16.9 Å². The van der Waals surface area contributed by atoms with Gasteiger partial charge in [0.2, 0.25) is 11.8 Å². The Morgan fingerprint density at radius 3 is 1.36 bits per heavy atom. The maximum atomic E-state index is 13.7. The number of ether oxygens (including phenoxy) is 2. The number of halogens is 4. The lowest BCUT2D eigenvalue weighted by molar-refractivity contribution is -0.145. The predicted octanol–water partition coefficient (Wildman–Crippen LogP) is 8.61. The summed E-state index contributed by atoms with van der Waals surface area (Å²) < 4.78 is 11.7. The van der Waals surface area contributed by atoms with Crippen LogP contribution in [0.4, 0.5) is 0 Å². The summed E-state index contributed by atoms with van der Waals surface area (Å²) in [5, 5.41) is 8.16. The van der Waals surface area contributed by atoms with E-state index in [1.807, 2.05) is 62.4 Å². The molecule has 2 amide bonds. The Bertz CT molecular complexity index is 1020. The van der Waals surface area contributed by atoms with Crippen molar-refractivity contribution in [2.45, 2.75) is 90.1 Å². The maximum absolute atomic E-state index is 13.7. The summed E-state index contributed by atoms with van der Waals surface area (Å²) in [5.41, 5.74) is 0.834. The van der Waals surface area contributed by atoms with Crippen LogP contribution in [0.15, 0.2) is 48.5 Å². The molecule has 0 radical (unpaired) electrons. The van der Waals surface area contributed by atoms with Crippen LogP contribution >= 0.6 is 55.1 Å². The molecule has 2 aromatic rings. The van der Waals surface area contributed by atoms with Gasteiger partial charge in [-0.25, -0.2) is 0 Å². The molecule has 0 saturated heterocycles. The molecule has 2 aromatic carbocycles. The van der Waals surface area contributed by atoms with Crippen molar-refractivity contribution in [2.24, 2.45) is 5.41 Å². The van der Waals surface area contributed by atoms with Crippen LogP contribution in [0.3, 0.4) is 0 Å². The molecule has 2 atom stereocenters. The number of rotatable bonds is 24. The van der Waals surface area contributed by atoms with E-state index >= 15 is 0 Å². The van der Waals surface area contributed by atoms with E-state index in [4.69, 9.17) is 32.7 Å². The Kier molecular flexibility index (Phi) is 20.2. The van der Waals surface area contributed by atoms with Gasteiger partial charge in [0.25, 0.3) is 0 Å². The first-order chi connectivity index (χ1) is 21.8. The Balaban J connectivity index is 1.95. The van der Waals surface area contributed by atoms with E-state index < -0.39 is 5.41 Å². The third-order valence-electron chi connectivity index (χ3n) is 8.02. The molecule has 0 spiro atoms. The van der Waals surface area contributed by atoms with Gasteiger partial charge in [-0.3, -0.25) is 9.59 Å². The van der Waals surface area contributed by atoms with E-state index in [1.54, 1.807) is 0 Å². The second kappa shape index (κ2) is 22.9. The van der Waals surface area contributed by atoms with Gasteiger partial charge in [-0.05, 0) is 99.6 Å². The second-order valence-corrected chi connectivity index (χ2v) is 13.5. The molecular formula is C35H50Br2Cl2N2O4. The Labute approximate surface area is 297 Å². The van der Waals surface area contributed by atoms with Crippen molar-refractivity contribution in [3.63, 3.8) is 0 Å². The molecule has 0 heterocycles. The lowest BCUT2D eigenvalue weighted by Gasteiger charge is -2.32. The van der Waals surface area contributed by atoms with Crippen molar-refractivity contribution < 1.29 is 19.1 Å². The van der Waals surface area contributed by atoms with Crippen LogP contribution < -0.4 is 20.1 Å². The molecule has 2 N–H and O–H groups in total. The molecule has 0 unspecified atom stereocenters. The van der Waals surface area contributed by atoms with Gasteiger partial charge in [0, 0.05) is 34.5 Å². The van der Waals surface area contributed by atoms with Gasteiger partial charge in [-0.15, -0.1) is 23.2 Å². The zero-order chi connectivity index (χ0) is 32.9. The molecule has 45 heavy (non-hydrogen) atoms. The molecule has 0 fully saturated rings. The number of unbranched alkanes of at least 4 members (excludes halogenated alkanes) is 4. The molecule has 6 nitrogen and oxygen atoms in total. The number of nitrogens with one attached hydrogen (secondary N) is 2. The highest BCUT2D eigenvalue weighted by atomic mass is 79.9. The fourth-order valence-corrected chi connectivity index (χ4v) is 6.24. The quantitative estimate of drug-likeness (QED) is 0.0635. The highest BCUT2D eigenvalue weighted by Gasteiger charge is 2.43. The highest BCUT2D eigenvalue weighted by Crippen LogP contribution is 2.28. The number of amides is 2. The van der Waals surface area contributed by atoms with Crippen LogP contribution in [-0.4, -0.2) is 59.5 Å². The summed E-state index contributed by atoms with van der Waals surface area (Å²) >= 11 is 19.5. The number of alkyl halides is 4. The van der Waals surface area contributed by atoms with Gasteiger partial charge >= 0.3 is 0 Å². The van der Waals surface area contributed by atoms with Crippen LogP contribution in [0.25, 0.3) is 0 Å². The van der Waals surface area contributed by atoms with E-state index in [2.05, 4.69) is 42.5 Å². The third kappa shape index (κ3) is 14.0. The summed E-state index contributed by atoms with van der Waals surface area (Å²) in [6.07, 6.45) is 8.39. The summed E-state index contributed by atoms with van der Waals surface area (Å²) in [6.45, 7) is 5.11. The standard InChI is InChI=1S/C35H50Br2Cl2N2O4/c1-3-35(4-2,33(42)40-29(25-38)23-27-11-15-31(16-12-27)44-21-9-5-7-19-36)34(43)41-30(26-39)24-28-13-17-32(18-14-28)45-22-10-6-8-20-37/h11-18,29-30H,3-10,19-26H2,1-2H3,(H,40,42)(H,41,43)/t29-,30-/m0/s1. The van der Waals surface area contributed by atoms with Crippen molar-refractivity contribution in [3.8, 4) is 11.5 Å². The smallest absolute Gasteiger partial charge is 0.235 e. The van der Waals surface area contributed by atoms with Crippen LogP contribution in [0.5, 0.6) is 11.5 Å². The molecule has 2 rings (SSSR count). The van der Waals surface area contributed by atoms with Crippen LogP contribution in [0, 0.1) is 5.41 Å². The van der Waals surface area contributed by atoms with E-state index in [9.17, 15) is 9.59 Å². The third-order valence-corrected chi connectivity index (χ3v) is 9.89. The molecular weight excluding hydrogens is 743 g/mol. The minimum atomic E-state index is -1.23. The first-order valence-electron chi connectivity index (χ1n) is 16.1. The molecule has 0 aliphatic heterocycles. The van der Waals surface area contributed by atoms with Gasteiger partial charge in [-0.1, -0.05) is 70.0 Å². The van der Waals surface area contributed by atoms with Crippen molar-refractivity contribution in [1.29, 1.82) is 0 Å². The summed E-state index contributed by atoms with van der Waals surface area (Å²) in [7, 11) is 0. The Morgan fingerprint density at radius 1 is 0.667 bits per heavy atom. The monoisotopic (exact) mass is 790 g/mol. The first kappa shape index (κ1) is 39.7. The highest BCUT2D eigenvalue weighted by molar-refractivity contribution is 9.09. The summed E-state index contributed by atoms with van der Waals surface area (Å²) in [5.74, 6) is 1.47. The fourth-order valence-electron chi connectivity index (χ4n) is 5.07. The topological polar surface area (TPSA) is 76.7 Å². The van der Waals surface area contributed by atoms with Crippen molar-refractivity contribution in [2.75, 3.05) is 35.6 Å². The normalized spacial score (nSPS) is 12.8. The fraction of sp³-hybridized carbons (Fsp3) is 0.600. The molecule has 0 bridgehead atoms. The second-order valence-electron chi connectivity index (χ2n) is 11.3. The average molecular weight is 794 g/mol. The number of carbonyl (C=O) groups is 2. The van der Waals surface area contributed by atoms with Gasteiger partial charge in [0.05, 0.1) is 13.2 Å². The number of carbonyl (C=O) groups excluding carboxylic acids is 2. The van der Waals surface area contributed by atoms with Gasteiger partial charge in [-0.2, -0.15) is 0 Å². The Morgan fingerprint density at radius 2 is 1.04 bits per heavy atom. The van der Waals surface area contributed by atoms with Crippen molar-refractivity contribution in [1.82, 2.24) is 10.6 Å². The maximum Gasteiger partial charge on any atom is 0.235 e. The zero-order valence-corrected chi connectivity index (χ0v) is 31.4. The van der Waals surface area contributed by atoms with Crippen molar-refractivity contribution in [3.05, 3.63) is 59.7 Å². The predicted molar refractivity (Wildman–Crippen MR) is 195 cm³/mol. The molecule has 252 valence electrons. The van der Waals surface area contributed by atoms with Gasteiger partial charge in [0.15, 0.2) is 0 Å². The van der Waals surface area contributed by atoms with Crippen LogP contribution in [0.2, 0.25) is 0 Å². The minimum absolute atomic E-state index is 0.226. The molecule has 10 heteroatoms. The minimum Gasteiger partial charge on any atom is -0.494 e. The van der Waals surface area contributed by atoms with Crippen LogP contribution in [0.1, 0.15) is 76.3 Å². The SMILES string of the molecule is CCC(CC)(C(=O)N[C@H](CCl)Cc1ccc(OCCCCCBr)cc1)C(=O)N[C@H](CCl)Cc1ccc(OCCCCCBr)cc1. The largest absolute Gasteiger partial charge is 0.494 e. The average Bonchev–Trinajstić information content (AvgIpc) is 3.06.